The SMILES string of the molecule is CNC1c2ccccc2C(C)CC1n1cnc(C)c1C. The molecule has 1 aliphatic carbocycles. The van der Waals surface area contributed by atoms with Crippen molar-refractivity contribution in [2.75, 3.05) is 7.05 Å². The molecule has 20 heavy (non-hydrogen) atoms. The van der Waals surface area contributed by atoms with Gasteiger partial charge in [0.05, 0.1) is 24.1 Å². The highest BCUT2D eigenvalue weighted by molar-refractivity contribution is 5.36. The molecule has 0 saturated carbocycles. The molecule has 0 amide bonds. The van der Waals surface area contributed by atoms with Crippen molar-refractivity contribution in [3.8, 4) is 0 Å². The Balaban J connectivity index is 2.08. The molecule has 3 heteroatoms. The smallest absolute Gasteiger partial charge is 0.0954 e. The summed E-state index contributed by atoms with van der Waals surface area (Å²) in [7, 11) is 2.06. The largest absolute Gasteiger partial charge is 0.330 e. The lowest BCUT2D eigenvalue weighted by molar-refractivity contribution is 0.306. The molecule has 0 aliphatic heterocycles. The van der Waals surface area contributed by atoms with Gasteiger partial charge in [-0.2, -0.15) is 0 Å². The van der Waals surface area contributed by atoms with Crippen molar-refractivity contribution < 1.29 is 0 Å². The topological polar surface area (TPSA) is 29.9 Å². The van der Waals surface area contributed by atoms with Crippen LogP contribution in [-0.4, -0.2) is 16.6 Å². The maximum Gasteiger partial charge on any atom is 0.0954 e. The van der Waals surface area contributed by atoms with Crippen molar-refractivity contribution in [3.05, 3.63) is 53.1 Å². The van der Waals surface area contributed by atoms with Gasteiger partial charge >= 0.3 is 0 Å². The van der Waals surface area contributed by atoms with Gasteiger partial charge in [-0.1, -0.05) is 31.2 Å². The second kappa shape index (κ2) is 5.06. The van der Waals surface area contributed by atoms with E-state index in [2.05, 4.69) is 67.0 Å². The first-order valence-corrected chi connectivity index (χ1v) is 7.39. The number of likely N-dealkylation sites (N-methyl/N-ethyl adjacent to an activating group) is 1. The number of benzene rings is 1. The Bertz CT molecular complexity index is 614. The molecule has 2 aromatic rings. The number of imidazole rings is 1. The van der Waals surface area contributed by atoms with Gasteiger partial charge in [0.15, 0.2) is 0 Å². The molecule has 3 unspecified atom stereocenters. The standard InChI is InChI=1S/C17H23N3/c1-11-9-16(20-10-19-12(2)13(20)3)17(18-4)15-8-6-5-7-14(11)15/h5-8,10-11,16-18H,9H2,1-4H3. The minimum Gasteiger partial charge on any atom is -0.330 e. The summed E-state index contributed by atoms with van der Waals surface area (Å²) in [5.41, 5.74) is 5.33. The summed E-state index contributed by atoms with van der Waals surface area (Å²) in [4.78, 5) is 4.48. The molecule has 0 saturated heterocycles. The molecule has 3 rings (SSSR count). The van der Waals surface area contributed by atoms with E-state index in [1.807, 2.05) is 6.33 Å². The van der Waals surface area contributed by atoms with E-state index >= 15 is 0 Å². The maximum atomic E-state index is 4.48. The van der Waals surface area contributed by atoms with Crippen LogP contribution in [0.3, 0.4) is 0 Å². The van der Waals surface area contributed by atoms with Crippen LogP contribution >= 0.6 is 0 Å². The van der Waals surface area contributed by atoms with Crippen LogP contribution < -0.4 is 5.32 Å². The minimum absolute atomic E-state index is 0.356. The number of rotatable bonds is 2. The van der Waals surface area contributed by atoms with Gasteiger partial charge in [-0.3, -0.25) is 0 Å². The number of aryl methyl sites for hydroxylation is 1. The lowest BCUT2D eigenvalue weighted by atomic mass is 9.78. The normalized spacial score (nSPS) is 25.5. The molecule has 1 aromatic carbocycles. The zero-order valence-electron chi connectivity index (χ0n) is 12.7. The Morgan fingerprint density at radius 1 is 1.20 bits per heavy atom. The van der Waals surface area contributed by atoms with Crippen LogP contribution in [0.4, 0.5) is 0 Å². The van der Waals surface area contributed by atoms with Gasteiger partial charge in [-0.25, -0.2) is 4.98 Å². The monoisotopic (exact) mass is 269 g/mol. The van der Waals surface area contributed by atoms with Gasteiger partial charge in [0, 0.05) is 5.69 Å². The Hall–Kier alpha value is -1.61. The van der Waals surface area contributed by atoms with E-state index < -0.39 is 0 Å². The van der Waals surface area contributed by atoms with Crippen molar-refractivity contribution in [1.29, 1.82) is 0 Å². The van der Waals surface area contributed by atoms with E-state index in [0.29, 0.717) is 18.0 Å². The molecule has 1 heterocycles. The molecule has 1 aliphatic rings. The number of fused-ring (bicyclic) bond motifs is 1. The summed E-state index contributed by atoms with van der Waals surface area (Å²) in [6, 6.07) is 9.62. The fraction of sp³-hybridized carbons (Fsp3) is 0.471. The molecule has 0 fully saturated rings. The third-order valence-corrected chi connectivity index (χ3v) is 4.80. The Labute approximate surface area is 121 Å². The molecule has 0 bridgehead atoms. The number of hydrogen-bond donors (Lipinski definition) is 1. The summed E-state index contributed by atoms with van der Waals surface area (Å²) in [5, 5.41) is 3.52. The van der Waals surface area contributed by atoms with E-state index in [-0.39, 0.29) is 0 Å². The molecule has 0 spiro atoms. The molecule has 0 radical (unpaired) electrons. The third kappa shape index (κ3) is 1.97. The van der Waals surface area contributed by atoms with Crippen LogP contribution in [0.2, 0.25) is 0 Å². The Morgan fingerprint density at radius 3 is 2.50 bits per heavy atom. The third-order valence-electron chi connectivity index (χ3n) is 4.80. The Morgan fingerprint density at radius 2 is 1.90 bits per heavy atom. The number of nitrogens with one attached hydrogen (secondary N) is 1. The maximum absolute atomic E-state index is 4.48. The molecule has 3 atom stereocenters. The molecule has 3 nitrogen and oxygen atoms in total. The lowest BCUT2D eigenvalue weighted by Gasteiger charge is -2.38. The lowest BCUT2D eigenvalue weighted by Crippen LogP contribution is -2.33. The predicted octanol–water partition coefficient (Wildman–Crippen LogP) is 3.51. The van der Waals surface area contributed by atoms with Crippen molar-refractivity contribution in [2.45, 2.75) is 45.2 Å². The molecule has 1 aromatic heterocycles. The minimum atomic E-state index is 0.356. The summed E-state index contributed by atoms with van der Waals surface area (Å²) >= 11 is 0. The second-order valence-corrected chi connectivity index (χ2v) is 5.92. The zero-order chi connectivity index (χ0) is 14.3. The fourth-order valence-corrected chi connectivity index (χ4v) is 3.55. The average Bonchev–Trinajstić information content (AvgIpc) is 2.79. The van der Waals surface area contributed by atoms with E-state index in [1.165, 1.54) is 16.8 Å². The van der Waals surface area contributed by atoms with Crippen LogP contribution in [0, 0.1) is 13.8 Å². The van der Waals surface area contributed by atoms with Crippen molar-refractivity contribution in [3.63, 3.8) is 0 Å². The summed E-state index contributed by atoms with van der Waals surface area (Å²) in [6.45, 7) is 6.58. The van der Waals surface area contributed by atoms with E-state index in [4.69, 9.17) is 0 Å². The first-order chi connectivity index (χ1) is 9.63. The van der Waals surface area contributed by atoms with Gasteiger partial charge in [0.1, 0.15) is 0 Å². The van der Waals surface area contributed by atoms with E-state index in [9.17, 15) is 0 Å². The zero-order valence-corrected chi connectivity index (χ0v) is 12.7. The molecule has 1 N–H and O–H groups in total. The van der Waals surface area contributed by atoms with Crippen LogP contribution in [0.1, 0.15) is 53.9 Å². The van der Waals surface area contributed by atoms with E-state index in [0.717, 1.165) is 12.1 Å². The quantitative estimate of drug-likeness (QED) is 0.904. The summed E-state index contributed by atoms with van der Waals surface area (Å²) in [5.74, 6) is 0.586. The summed E-state index contributed by atoms with van der Waals surface area (Å²) in [6.07, 6.45) is 3.15. The fourth-order valence-electron chi connectivity index (χ4n) is 3.55. The first-order valence-electron chi connectivity index (χ1n) is 7.39. The molecular formula is C17H23N3. The molecular weight excluding hydrogens is 246 g/mol. The van der Waals surface area contributed by atoms with Crippen molar-refractivity contribution in [2.24, 2.45) is 0 Å². The van der Waals surface area contributed by atoms with Crippen LogP contribution in [0.5, 0.6) is 0 Å². The predicted molar refractivity (Wildman–Crippen MR) is 82.0 cm³/mol. The number of nitrogens with zero attached hydrogens (tertiary/aromatic N) is 2. The number of aromatic nitrogens is 2. The van der Waals surface area contributed by atoms with E-state index in [1.54, 1.807) is 0 Å². The van der Waals surface area contributed by atoms with Gasteiger partial charge < -0.3 is 9.88 Å². The van der Waals surface area contributed by atoms with Gasteiger partial charge in [0.25, 0.3) is 0 Å². The first kappa shape index (κ1) is 13.4. The van der Waals surface area contributed by atoms with Crippen molar-refractivity contribution in [1.82, 2.24) is 14.9 Å². The van der Waals surface area contributed by atoms with Gasteiger partial charge in [-0.15, -0.1) is 0 Å². The highest BCUT2D eigenvalue weighted by Crippen LogP contribution is 2.43. The van der Waals surface area contributed by atoms with Gasteiger partial charge in [0.2, 0.25) is 0 Å². The van der Waals surface area contributed by atoms with Crippen LogP contribution in [-0.2, 0) is 0 Å². The average molecular weight is 269 g/mol. The van der Waals surface area contributed by atoms with Crippen molar-refractivity contribution >= 4 is 0 Å². The highest BCUT2D eigenvalue weighted by Gasteiger charge is 2.33. The molecule has 106 valence electrons. The van der Waals surface area contributed by atoms with Crippen LogP contribution in [0.25, 0.3) is 0 Å². The summed E-state index contributed by atoms with van der Waals surface area (Å²) < 4.78 is 2.35. The highest BCUT2D eigenvalue weighted by atomic mass is 15.1. The van der Waals surface area contributed by atoms with Crippen LogP contribution in [0.15, 0.2) is 30.6 Å². The Kier molecular flexibility index (Phi) is 3.38. The van der Waals surface area contributed by atoms with Gasteiger partial charge in [-0.05, 0) is 44.4 Å². The second-order valence-electron chi connectivity index (χ2n) is 5.92. The number of hydrogen-bond acceptors (Lipinski definition) is 2.